The Balaban J connectivity index is 2.26. The fourth-order valence-electron chi connectivity index (χ4n) is 1.68. The van der Waals surface area contributed by atoms with Gasteiger partial charge in [-0.1, -0.05) is 29.8 Å². The van der Waals surface area contributed by atoms with Gasteiger partial charge in [-0.25, -0.2) is 4.39 Å². The van der Waals surface area contributed by atoms with Crippen molar-refractivity contribution in [2.45, 2.75) is 13.3 Å². The van der Waals surface area contributed by atoms with Gasteiger partial charge in [0.15, 0.2) is 0 Å². The lowest BCUT2D eigenvalue weighted by molar-refractivity contribution is 0.469. The van der Waals surface area contributed by atoms with Crippen LogP contribution in [0.25, 0.3) is 0 Å². The zero-order valence-electron chi connectivity index (χ0n) is 9.07. The number of hydrogen-bond acceptors (Lipinski definition) is 1. The van der Waals surface area contributed by atoms with Crippen LogP contribution in [0.2, 0.25) is 0 Å². The summed E-state index contributed by atoms with van der Waals surface area (Å²) in [5.74, 6) is 0.0483. The number of halogens is 1. The van der Waals surface area contributed by atoms with Crippen LogP contribution in [0.1, 0.15) is 16.7 Å². The highest BCUT2D eigenvalue weighted by molar-refractivity contribution is 5.39. The molecule has 0 radical (unpaired) electrons. The van der Waals surface area contributed by atoms with E-state index in [2.05, 4.69) is 0 Å². The lowest BCUT2D eigenvalue weighted by atomic mass is 10.0. The maximum absolute atomic E-state index is 12.7. The van der Waals surface area contributed by atoms with Crippen molar-refractivity contribution in [2.24, 2.45) is 0 Å². The molecule has 2 heteroatoms. The molecule has 0 heterocycles. The summed E-state index contributed by atoms with van der Waals surface area (Å²) in [6.07, 6.45) is 0.619. The van der Waals surface area contributed by atoms with E-state index in [1.54, 1.807) is 18.2 Å². The van der Waals surface area contributed by atoms with E-state index in [4.69, 9.17) is 0 Å². The quantitative estimate of drug-likeness (QED) is 0.815. The fraction of sp³-hybridized carbons (Fsp3) is 0.143. The smallest absolute Gasteiger partial charge is 0.123 e. The van der Waals surface area contributed by atoms with Gasteiger partial charge in [-0.3, -0.25) is 0 Å². The molecule has 0 atom stereocenters. The van der Waals surface area contributed by atoms with E-state index in [1.807, 2.05) is 19.1 Å². The zero-order chi connectivity index (χ0) is 11.5. The fourth-order valence-corrected chi connectivity index (χ4v) is 1.68. The summed E-state index contributed by atoms with van der Waals surface area (Å²) < 4.78 is 12.7. The molecule has 2 rings (SSSR count). The first-order valence-electron chi connectivity index (χ1n) is 5.18. The molecule has 16 heavy (non-hydrogen) atoms. The Labute approximate surface area is 94.2 Å². The molecular weight excluding hydrogens is 203 g/mol. The van der Waals surface area contributed by atoms with E-state index in [0.29, 0.717) is 6.42 Å². The highest BCUT2D eigenvalue weighted by Gasteiger charge is 2.02. The summed E-state index contributed by atoms with van der Waals surface area (Å²) in [5.41, 5.74) is 2.96. The standard InChI is InChI=1S/C14H13FO/c1-10-2-7-14(16)12(8-10)9-11-3-5-13(15)6-4-11/h2-8,16H,9H2,1H3. The van der Waals surface area contributed by atoms with Crippen LogP contribution in [0.15, 0.2) is 42.5 Å². The van der Waals surface area contributed by atoms with Crippen molar-refractivity contribution in [1.82, 2.24) is 0 Å². The van der Waals surface area contributed by atoms with E-state index in [1.165, 1.54) is 12.1 Å². The molecular formula is C14H13FO. The number of phenolic OH excluding ortho intramolecular Hbond substituents is 1. The second-order valence-electron chi connectivity index (χ2n) is 3.94. The Hall–Kier alpha value is -1.83. The van der Waals surface area contributed by atoms with Crippen molar-refractivity contribution in [3.8, 4) is 5.75 Å². The summed E-state index contributed by atoms with van der Waals surface area (Å²) >= 11 is 0. The molecule has 0 amide bonds. The van der Waals surface area contributed by atoms with Crippen molar-refractivity contribution in [2.75, 3.05) is 0 Å². The molecule has 0 aromatic heterocycles. The van der Waals surface area contributed by atoms with Crippen LogP contribution in [-0.4, -0.2) is 5.11 Å². The third-order valence-corrected chi connectivity index (χ3v) is 2.54. The predicted octanol–water partition coefficient (Wildman–Crippen LogP) is 3.43. The van der Waals surface area contributed by atoms with E-state index in [0.717, 1.165) is 16.7 Å². The van der Waals surface area contributed by atoms with E-state index < -0.39 is 0 Å². The number of benzene rings is 2. The Bertz CT molecular complexity index is 489. The Kier molecular flexibility index (Phi) is 2.91. The third kappa shape index (κ3) is 2.40. The molecule has 0 aliphatic rings. The molecule has 2 aromatic carbocycles. The Morgan fingerprint density at radius 2 is 1.75 bits per heavy atom. The van der Waals surface area contributed by atoms with Crippen LogP contribution >= 0.6 is 0 Å². The molecule has 0 saturated carbocycles. The van der Waals surface area contributed by atoms with E-state index in [9.17, 15) is 9.50 Å². The Morgan fingerprint density at radius 3 is 2.44 bits per heavy atom. The molecule has 0 saturated heterocycles. The summed E-state index contributed by atoms with van der Waals surface area (Å²) in [4.78, 5) is 0. The van der Waals surface area contributed by atoms with E-state index >= 15 is 0 Å². The van der Waals surface area contributed by atoms with Gasteiger partial charge in [0.1, 0.15) is 11.6 Å². The van der Waals surface area contributed by atoms with Gasteiger partial charge >= 0.3 is 0 Å². The minimum atomic E-state index is -0.239. The average Bonchev–Trinajstić information content (AvgIpc) is 2.27. The van der Waals surface area contributed by atoms with Crippen LogP contribution in [0, 0.1) is 12.7 Å². The highest BCUT2D eigenvalue weighted by atomic mass is 19.1. The minimum Gasteiger partial charge on any atom is -0.508 e. The van der Waals surface area contributed by atoms with Gasteiger partial charge in [-0.05, 0) is 36.2 Å². The predicted molar refractivity (Wildman–Crippen MR) is 62.0 cm³/mol. The van der Waals surface area contributed by atoms with Gasteiger partial charge in [0.2, 0.25) is 0 Å². The largest absolute Gasteiger partial charge is 0.508 e. The first-order valence-corrected chi connectivity index (χ1v) is 5.18. The molecule has 0 aliphatic heterocycles. The van der Waals surface area contributed by atoms with Crippen LogP contribution in [-0.2, 0) is 6.42 Å². The van der Waals surface area contributed by atoms with Gasteiger partial charge in [-0.15, -0.1) is 0 Å². The molecule has 0 bridgehead atoms. The van der Waals surface area contributed by atoms with Crippen molar-refractivity contribution in [1.29, 1.82) is 0 Å². The lowest BCUT2D eigenvalue weighted by Crippen LogP contribution is -1.90. The first-order chi connectivity index (χ1) is 7.65. The topological polar surface area (TPSA) is 20.2 Å². The van der Waals surface area contributed by atoms with Crippen molar-refractivity contribution in [3.05, 3.63) is 65.0 Å². The zero-order valence-corrected chi connectivity index (χ0v) is 9.07. The number of rotatable bonds is 2. The molecule has 1 N–H and O–H groups in total. The third-order valence-electron chi connectivity index (χ3n) is 2.54. The number of aromatic hydroxyl groups is 1. The molecule has 0 spiro atoms. The van der Waals surface area contributed by atoms with Gasteiger partial charge in [0, 0.05) is 6.42 Å². The normalized spacial score (nSPS) is 10.4. The molecule has 2 aromatic rings. The Morgan fingerprint density at radius 1 is 1.06 bits per heavy atom. The lowest BCUT2D eigenvalue weighted by Gasteiger charge is -2.06. The van der Waals surface area contributed by atoms with Crippen molar-refractivity contribution in [3.63, 3.8) is 0 Å². The molecule has 0 unspecified atom stereocenters. The van der Waals surface area contributed by atoms with Crippen LogP contribution in [0.4, 0.5) is 4.39 Å². The van der Waals surface area contributed by atoms with Gasteiger partial charge < -0.3 is 5.11 Å². The first kappa shape index (κ1) is 10.7. The van der Waals surface area contributed by atoms with Crippen molar-refractivity contribution >= 4 is 0 Å². The minimum absolute atomic E-state index is 0.239. The SMILES string of the molecule is Cc1ccc(O)c(Cc2ccc(F)cc2)c1. The van der Waals surface area contributed by atoms with Crippen LogP contribution in [0.5, 0.6) is 5.75 Å². The van der Waals surface area contributed by atoms with Gasteiger partial charge in [-0.2, -0.15) is 0 Å². The monoisotopic (exact) mass is 216 g/mol. The maximum Gasteiger partial charge on any atom is 0.123 e. The number of aryl methyl sites for hydroxylation is 1. The molecule has 82 valence electrons. The summed E-state index contributed by atoms with van der Waals surface area (Å²) in [6.45, 7) is 1.98. The molecule has 0 fully saturated rings. The van der Waals surface area contributed by atoms with Crippen LogP contribution in [0.3, 0.4) is 0 Å². The second kappa shape index (κ2) is 4.35. The van der Waals surface area contributed by atoms with Gasteiger partial charge in [0.05, 0.1) is 0 Å². The van der Waals surface area contributed by atoms with Gasteiger partial charge in [0.25, 0.3) is 0 Å². The molecule has 0 aliphatic carbocycles. The van der Waals surface area contributed by atoms with Crippen LogP contribution < -0.4 is 0 Å². The maximum atomic E-state index is 12.7. The summed E-state index contributed by atoms with van der Waals surface area (Å²) in [5, 5.41) is 9.68. The second-order valence-corrected chi connectivity index (χ2v) is 3.94. The summed E-state index contributed by atoms with van der Waals surface area (Å²) in [7, 11) is 0. The highest BCUT2D eigenvalue weighted by Crippen LogP contribution is 2.21. The average molecular weight is 216 g/mol. The summed E-state index contributed by atoms with van der Waals surface area (Å²) in [6, 6.07) is 11.8. The molecule has 1 nitrogen and oxygen atoms in total. The van der Waals surface area contributed by atoms with E-state index in [-0.39, 0.29) is 11.6 Å². The number of phenols is 1. The van der Waals surface area contributed by atoms with Crippen molar-refractivity contribution < 1.29 is 9.50 Å². The number of hydrogen-bond donors (Lipinski definition) is 1.